The van der Waals surface area contributed by atoms with Gasteiger partial charge in [0.05, 0.1) is 30.0 Å². The van der Waals surface area contributed by atoms with Gasteiger partial charge in [0.2, 0.25) is 0 Å². The molecular weight excluding hydrogens is 453 g/mol. The highest BCUT2D eigenvalue weighted by Gasteiger charge is 2.55. The summed E-state index contributed by atoms with van der Waals surface area (Å²) in [5.41, 5.74) is 1.74. The predicted octanol–water partition coefficient (Wildman–Crippen LogP) is 4.20. The minimum atomic E-state index is -0.966. The zero-order valence-corrected chi connectivity index (χ0v) is 19.3. The van der Waals surface area contributed by atoms with Crippen LogP contribution < -0.4 is 19.7 Å². The summed E-state index contributed by atoms with van der Waals surface area (Å²) in [6.45, 7) is 1.60. The first kappa shape index (κ1) is 21.4. The molecular formula is C23H23Cl2N3O4. The summed E-state index contributed by atoms with van der Waals surface area (Å²) < 4.78 is 11.0. The number of nitrogens with one attached hydrogen (secondary N) is 1. The Kier molecular flexibility index (Phi) is 5.23. The second kappa shape index (κ2) is 7.83. The van der Waals surface area contributed by atoms with Crippen LogP contribution >= 0.6 is 23.2 Å². The number of hydrogen-bond donors (Lipinski definition) is 1. The Labute approximate surface area is 196 Å². The molecule has 0 unspecified atom stereocenters. The molecule has 0 aliphatic carbocycles. The molecule has 32 heavy (non-hydrogen) atoms. The monoisotopic (exact) mass is 475 g/mol. The summed E-state index contributed by atoms with van der Waals surface area (Å²) in [5.74, 6) is 1.10. The van der Waals surface area contributed by atoms with Crippen LogP contribution in [-0.2, 0) is 11.2 Å². The Balaban J connectivity index is 1.50. The van der Waals surface area contributed by atoms with Crippen molar-refractivity contribution >= 4 is 40.8 Å². The minimum Gasteiger partial charge on any atom is -0.493 e. The molecule has 5 rings (SSSR count). The van der Waals surface area contributed by atoms with E-state index in [9.17, 15) is 9.59 Å². The number of nitrogens with zero attached hydrogens (tertiary/aromatic N) is 2. The van der Waals surface area contributed by atoms with Crippen molar-refractivity contribution in [2.75, 3.05) is 32.2 Å². The maximum absolute atomic E-state index is 13.6. The van der Waals surface area contributed by atoms with Gasteiger partial charge in [0.15, 0.2) is 11.5 Å². The van der Waals surface area contributed by atoms with Gasteiger partial charge in [-0.05, 0) is 60.7 Å². The summed E-state index contributed by atoms with van der Waals surface area (Å²) >= 11 is 12.1. The molecule has 2 fully saturated rings. The van der Waals surface area contributed by atoms with Crippen LogP contribution in [0.15, 0.2) is 30.3 Å². The fourth-order valence-electron chi connectivity index (χ4n) is 5.14. The second-order valence-electron chi connectivity index (χ2n) is 8.41. The highest BCUT2D eigenvalue weighted by atomic mass is 35.5. The van der Waals surface area contributed by atoms with Crippen LogP contribution in [0.4, 0.5) is 10.5 Å². The van der Waals surface area contributed by atoms with Gasteiger partial charge in [0.1, 0.15) is 5.54 Å². The van der Waals surface area contributed by atoms with Crippen molar-refractivity contribution in [2.24, 2.45) is 0 Å². The molecule has 3 aliphatic heterocycles. The predicted molar refractivity (Wildman–Crippen MR) is 122 cm³/mol. The summed E-state index contributed by atoms with van der Waals surface area (Å²) in [7, 11) is 3.24. The Hall–Kier alpha value is -2.48. The molecule has 3 amide bonds. The van der Waals surface area contributed by atoms with Gasteiger partial charge in [-0.3, -0.25) is 9.69 Å². The Morgan fingerprint density at radius 1 is 1.03 bits per heavy atom. The molecule has 3 heterocycles. The third-order valence-corrected chi connectivity index (χ3v) is 7.54. The zero-order valence-electron chi connectivity index (χ0n) is 17.8. The van der Waals surface area contributed by atoms with E-state index < -0.39 is 11.6 Å². The minimum absolute atomic E-state index is 0.00897. The molecule has 1 spiro atoms. The molecule has 1 N–H and O–H groups in total. The zero-order chi connectivity index (χ0) is 22.6. The van der Waals surface area contributed by atoms with E-state index in [1.165, 1.54) is 10.5 Å². The molecule has 0 aromatic heterocycles. The molecule has 2 aromatic carbocycles. The Morgan fingerprint density at radius 2 is 1.78 bits per heavy atom. The van der Waals surface area contributed by atoms with Gasteiger partial charge in [0, 0.05) is 19.1 Å². The Bertz CT molecular complexity index is 1120. The van der Waals surface area contributed by atoms with Gasteiger partial charge < -0.3 is 14.8 Å². The van der Waals surface area contributed by atoms with Gasteiger partial charge in [-0.25, -0.2) is 9.69 Å². The summed E-state index contributed by atoms with van der Waals surface area (Å²) in [6.07, 6.45) is 1.93. The van der Waals surface area contributed by atoms with E-state index in [4.69, 9.17) is 32.7 Å². The molecule has 0 bridgehead atoms. The fraction of sp³-hybridized carbons (Fsp3) is 0.391. The topological polar surface area (TPSA) is 71.1 Å². The van der Waals surface area contributed by atoms with Crippen molar-refractivity contribution in [3.63, 3.8) is 0 Å². The van der Waals surface area contributed by atoms with Crippen LogP contribution in [0.3, 0.4) is 0 Å². The lowest BCUT2D eigenvalue weighted by atomic mass is 9.77. The average Bonchev–Trinajstić information content (AvgIpc) is 3.03. The molecule has 2 atom stereocenters. The van der Waals surface area contributed by atoms with Gasteiger partial charge in [-0.15, -0.1) is 0 Å². The lowest BCUT2D eigenvalue weighted by molar-refractivity contribution is -0.124. The first-order valence-electron chi connectivity index (χ1n) is 10.5. The highest BCUT2D eigenvalue weighted by molar-refractivity contribution is 6.42. The van der Waals surface area contributed by atoms with Crippen LogP contribution in [0, 0.1) is 0 Å². The number of methoxy groups -OCH3 is 2. The van der Waals surface area contributed by atoms with Crippen molar-refractivity contribution in [1.29, 1.82) is 0 Å². The van der Waals surface area contributed by atoms with Crippen LogP contribution in [0.25, 0.3) is 0 Å². The van der Waals surface area contributed by atoms with Crippen molar-refractivity contribution in [3.8, 4) is 11.5 Å². The standard InChI is InChI=1S/C23H23Cl2N3O4/c1-31-19-9-13-5-7-27-8-6-23(12-18(27)15(13)11-20(19)32-2)21(29)28(22(30)26-23)14-3-4-16(24)17(25)10-14/h3-4,9-11,18H,5-8,12H2,1-2H3,(H,26,30)/t18-,23+/m0/s1. The van der Waals surface area contributed by atoms with Gasteiger partial charge in [0.25, 0.3) is 5.91 Å². The SMILES string of the molecule is COc1cc2c(cc1OC)[C@@H]1C[C@@]3(CCN1CC2)NC(=O)N(c1ccc(Cl)c(Cl)c1)C3=O. The Morgan fingerprint density at radius 3 is 2.50 bits per heavy atom. The van der Waals surface area contributed by atoms with E-state index in [0.29, 0.717) is 46.6 Å². The fourth-order valence-corrected chi connectivity index (χ4v) is 5.43. The van der Waals surface area contributed by atoms with Crippen molar-refractivity contribution < 1.29 is 19.1 Å². The van der Waals surface area contributed by atoms with Crippen LogP contribution in [0.1, 0.15) is 30.0 Å². The third-order valence-electron chi connectivity index (χ3n) is 6.80. The average molecular weight is 476 g/mol. The molecule has 2 aromatic rings. The number of imide groups is 1. The number of hydrogen-bond acceptors (Lipinski definition) is 5. The molecule has 0 radical (unpaired) electrons. The van der Waals surface area contributed by atoms with Crippen molar-refractivity contribution in [1.82, 2.24) is 10.2 Å². The number of carbonyl (C=O) groups is 2. The maximum Gasteiger partial charge on any atom is 0.329 e. The molecule has 2 saturated heterocycles. The van der Waals surface area contributed by atoms with Gasteiger partial charge in [-0.2, -0.15) is 0 Å². The number of benzene rings is 2. The van der Waals surface area contributed by atoms with Gasteiger partial charge in [-0.1, -0.05) is 23.2 Å². The summed E-state index contributed by atoms with van der Waals surface area (Å²) in [4.78, 5) is 30.1. The van der Waals surface area contributed by atoms with E-state index in [0.717, 1.165) is 18.5 Å². The third kappa shape index (κ3) is 3.22. The summed E-state index contributed by atoms with van der Waals surface area (Å²) in [6, 6.07) is 8.33. The molecule has 168 valence electrons. The number of urea groups is 1. The number of halogens is 2. The first-order chi connectivity index (χ1) is 15.4. The number of piperidine rings is 1. The first-order valence-corrected chi connectivity index (χ1v) is 11.2. The van der Waals surface area contributed by atoms with E-state index in [1.54, 1.807) is 32.4 Å². The lowest BCUT2D eigenvalue weighted by Crippen LogP contribution is -2.57. The van der Waals surface area contributed by atoms with E-state index in [2.05, 4.69) is 10.2 Å². The smallest absolute Gasteiger partial charge is 0.329 e. The largest absolute Gasteiger partial charge is 0.493 e. The number of amides is 3. The maximum atomic E-state index is 13.6. The van der Waals surface area contributed by atoms with Crippen molar-refractivity contribution in [3.05, 3.63) is 51.5 Å². The number of rotatable bonds is 3. The highest BCUT2D eigenvalue weighted by Crippen LogP contribution is 2.46. The van der Waals surface area contributed by atoms with Crippen LogP contribution in [0.2, 0.25) is 10.0 Å². The number of carbonyl (C=O) groups excluding carboxylic acids is 2. The van der Waals surface area contributed by atoms with Crippen LogP contribution in [0.5, 0.6) is 11.5 Å². The normalized spacial score (nSPS) is 24.9. The number of anilines is 1. The van der Waals surface area contributed by atoms with E-state index >= 15 is 0 Å². The molecule has 0 saturated carbocycles. The summed E-state index contributed by atoms with van der Waals surface area (Å²) in [5, 5.41) is 3.66. The molecule has 3 aliphatic rings. The number of ether oxygens (including phenoxy) is 2. The lowest BCUT2D eigenvalue weighted by Gasteiger charge is -2.46. The van der Waals surface area contributed by atoms with Gasteiger partial charge >= 0.3 is 6.03 Å². The van der Waals surface area contributed by atoms with E-state index in [1.807, 2.05) is 12.1 Å². The molecule has 7 nitrogen and oxygen atoms in total. The van der Waals surface area contributed by atoms with Crippen LogP contribution in [-0.4, -0.2) is 49.7 Å². The van der Waals surface area contributed by atoms with E-state index in [-0.39, 0.29) is 11.9 Å². The quantitative estimate of drug-likeness (QED) is 0.673. The van der Waals surface area contributed by atoms with Crippen molar-refractivity contribution in [2.45, 2.75) is 30.8 Å². The molecule has 9 heteroatoms. The number of fused-ring (bicyclic) bond motifs is 3. The second-order valence-corrected chi connectivity index (χ2v) is 9.23.